The number of amides is 1. The number of hydrogen-bond donors (Lipinski definition) is 1. The van der Waals surface area contributed by atoms with E-state index in [1.165, 1.54) is 24.1 Å². The van der Waals surface area contributed by atoms with Crippen LogP contribution in [-0.2, 0) is 0 Å². The number of alkyl halides is 1. The van der Waals surface area contributed by atoms with Gasteiger partial charge in [0.15, 0.2) is 0 Å². The highest BCUT2D eigenvalue weighted by Crippen LogP contribution is 2.26. The molecule has 2 nitrogen and oxygen atoms in total. The van der Waals surface area contributed by atoms with Gasteiger partial charge in [-0.05, 0) is 37.8 Å². The summed E-state index contributed by atoms with van der Waals surface area (Å²) in [6, 6.07) is 4.27. The molecule has 1 fully saturated rings. The lowest BCUT2D eigenvalue weighted by molar-refractivity contribution is 0.0916. The SMILES string of the molecule is Cc1ccc(C(=O)NC2CCCCC2CBr)s1. The second-order valence-electron chi connectivity index (χ2n) is 4.69. The summed E-state index contributed by atoms with van der Waals surface area (Å²) >= 11 is 5.12. The summed E-state index contributed by atoms with van der Waals surface area (Å²) in [6.45, 7) is 2.03. The molecule has 0 spiro atoms. The van der Waals surface area contributed by atoms with Gasteiger partial charge in [-0.15, -0.1) is 11.3 Å². The Labute approximate surface area is 115 Å². The number of hydrogen-bond acceptors (Lipinski definition) is 2. The summed E-state index contributed by atoms with van der Waals surface area (Å²) in [7, 11) is 0. The van der Waals surface area contributed by atoms with Crippen LogP contribution in [0, 0.1) is 12.8 Å². The second kappa shape index (κ2) is 6.01. The first-order valence-electron chi connectivity index (χ1n) is 6.14. The first-order chi connectivity index (χ1) is 8.20. The van der Waals surface area contributed by atoms with E-state index in [9.17, 15) is 4.79 Å². The summed E-state index contributed by atoms with van der Waals surface area (Å²) in [6.07, 6.45) is 4.87. The highest BCUT2D eigenvalue weighted by atomic mass is 79.9. The van der Waals surface area contributed by atoms with Crippen LogP contribution in [0.15, 0.2) is 12.1 Å². The Balaban J connectivity index is 1.97. The van der Waals surface area contributed by atoms with Crippen molar-refractivity contribution < 1.29 is 4.79 Å². The van der Waals surface area contributed by atoms with E-state index < -0.39 is 0 Å². The number of rotatable bonds is 3. The lowest BCUT2D eigenvalue weighted by Gasteiger charge is -2.30. The van der Waals surface area contributed by atoms with E-state index in [0.717, 1.165) is 16.6 Å². The number of halogens is 1. The Bertz CT molecular complexity index is 391. The monoisotopic (exact) mass is 315 g/mol. The average Bonchev–Trinajstić information content (AvgIpc) is 2.77. The molecular formula is C13H18BrNOS. The fourth-order valence-electron chi connectivity index (χ4n) is 2.38. The molecule has 1 aliphatic rings. The van der Waals surface area contributed by atoms with Gasteiger partial charge in [-0.3, -0.25) is 4.79 Å². The Morgan fingerprint density at radius 2 is 2.24 bits per heavy atom. The second-order valence-corrected chi connectivity index (χ2v) is 6.62. The van der Waals surface area contributed by atoms with Crippen molar-refractivity contribution in [1.82, 2.24) is 5.32 Å². The highest BCUT2D eigenvalue weighted by molar-refractivity contribution is 9.09. The standard InChI is InChI=1S/C13H18BrNOS/c1-9-6-7-12(17-9)13(16)15-11-5-3-2-4-10(11)8-14/h6-7,10-11H,2-5,8H2,1H3,(H,15,16). The fraction of sp³-hybridized carbons (Fsp3) is 0.615. The summed E-state index contributed by atoms with van der Waals surface area (Å²) in [5, 5.41) is 4.18. The molecule has 0 radical (unpaired) electrons. The van der Waals surface area contributed by atoms with Gasteiger partial charge >= 0.3 is 0 Å². The number of thiophene rings is 1. The minimum Gasteiger partial charge on any atom is -0.348 e. The summed E-state index contributed by atoms with van der Waals surface area (Å²) in [5.74, 6) is 0.690. The molecule has 1 N–H and O–H groups in total. The van der Waals surface area contributed by atoms with E-state index >= 15 is 0 Å². The maximum atomic E-state index is 12.1. The molecule has 2 rings (SSSR count). The van der Waals surface area contributed by atoms with Crippen molar-refractivity contribution in [1.29, 1.82) is 0 Å². The smallest absolute Gasteiger partial charge is 0.261 e. The largest absolute Gasteiger partial charge is 0.348 e. The third-order valence-corrected chi connectivity index (χ3v) is 5.22. The first-order valence-corrected chi connectivity index (χ1v) is 8.08. The summed E-state index contributed by atoms with van der Waals surface area (Å²) in [4.78, 5) is 14.1. The van der Waals surface area contributed by atoms with Gasteiger partial charge in [-0.1, -0.05) is 28.8 Å². The van der Waals surface area contributed by atoms with Crippen molar-refractivity contribution in [2.24, 2.45) is 5.92 Å². The van der Waals surface area contributed by atoms with Crippen LogP contribution in [0.2, 0.25) is 0 Å². The first kappa shape index (κ1) is 13.1. The van der Waals surface area contributed by atoms with Crippen molar-refractivity contribution in [3.8, 4) is 0 Å². The van der Waals surface area contributed by atoms with Crippen LogP contribution in [-0.4, -0.2) is 17.3 Å². The van der Waals surface area contributed by atoms with Gasteiger partial charge in [0.25, 0.3) is 5.91 Å². The Morgan fingerprint density at radius 1 is 1.47 bits per heavy atom. The Kier molecular flexibility index (Phi) is 4.62. The molecular weight excluding hydrogens is 298 g/mol. The predicted octanol–water partition coefficient (Wildman–Crippen LogP) is 3.74. The zero-order valence-electron chi connectivity index (χ0n) is 10.0. The zero-order valence-corrected chi connectivity index (χ0v) is 12.4. The molecule has 4 heteroatoms. The molecule has 94 valence electrons. The van der Waals surface area contributed by atoms with Crippen LogP contribution in [0.25, 0.3) is 0 Å². The van der Waals surface area contributed by atoms with Crippen molar-refractivity contribution in [3.63, 3.8) is 0 Å². The average molecular weight is 316 g/mol. The van der Waals surface area contributed by atoms with Gasteiger partial charge in [0, 0.05) is 16.2 Å². The molecule has 1 aliphatic carbocycles. The number of nitrogens with one attached hydrogen (secondary N) is 1. The zero-order chi connectivity index (χ0) is 12.3. The molecule has 1 heterocycles. The molecule has 1 amide bonds. The van der Waals surface area contributed by atoms with E-state index in [1.54, 1.807) is 11.3 Å². The van der Waals surface area contributed by atoms with Gasteiger partial charge < -0.3 is 5.32 Å². The van der Waals surface area contributed by atoms with E-state index in [-0.39, 0.29) is 5.91 Å². The molecule has 0 saturated heterocycles. The topological polar surface area (TPSA) is 29.1 Å². The lowest BCUT2D eigenvalue weighted by atomic mass is 9.86. The number of carbonyl (C=O) groups excluding carboxylic acids is 1. The van der Waals surface area contributed by atoms with Crippen molar-refractivity contribution in [3.05, 3.63) is 21.9 Å². The molecule has 0 aromatic carbocycles. The van der Waals surface area contributed by atoms with Crippen LogP contribution >= 0.6 is 27.3 Å². The Morgan fingerprint density at radius 3 is 2.88 bits per heavy atom. The van der Waals surface area contributed by atoms with Crippen molar-refractivity contribution >= 4 is 33.2 Å². The third-order valence-electron chi connectivity index (χ3n) is 3.39. The minimum absolute atomic E-state index is 0.0981. The molecule has 0 bridgehead atoms. The molecule has 17 heavy (non-hydrogen) atoms. The lowest BCUT2D eigenvalue weighted by Crippen LogP contribution is -2.42. The van der Waals surface area contributed by atoms with Crippen LogP contribution < -0.4 is 5.32 Å². The molecule has 1 saturated carbocycles. The molecule has 2 unspecified atom stereocenters. The van der Waals surface area contributed by atoms with Gasteiger partial charge in [0.1, 0.15) is 0 Å². The third kappa shape index (κ3) is 3.32. The normalized spacial score (nSPS) is 24.6. The van der Waals surface area contributed by atoms with Crippen LogP contribution in [0.1, 0.15) is 40.2 Å². The summed E-state index contributed by atoms with van der Waals surface area (Å²) < 4.78 is 0. The molecule has 1 aromatic rings. The molecule has 0 aliphatic heterocycles. The fourth-order valence-corrected chi connectivity index (χ4v) is 3.92. The highest BCUT2D eigenvalue weighted by Gasteiger charge is 2.26. The molecule has 2 atom stereocenters. The van der Waals surface area contributed by atoms with Gasteiger partial charge in [0.2, 0.25) is 0 Å². The number of aryl methyl sites for hydroxylation is 1. The predicted molar refractivity (Wildman–Crippen MR) is 76.1 cm³/mol. The van der Waals surface area contributed by atoms with Gasteiger partial charge in [0.05, 0.1) is 4.88 Å². The minimum atomic E-state index is 0.0981. The van der Waals surface area contributed by atoms with E-state index in [2.05, 4.69) is 21.2 Å². The van der Waals surface area contributed by atoms with Gasteiger partial charge in [-0.2, -0.15) is 0 Å². The summed E-state index contributed by atoms with van der Waals surface area (Å²) in [5.41, 5.74) is 0. The van der Waals surface area contributed by atoms with E-state index in [4.69, 9.17) is 0 Å². The van der Waals surface area contributed by atoms with E-state index in [1.807, 2.05) is 19.1 Å². The van der Waals surface area contributed by atoms with Crippen molar-refractivity contribution in [2.45, 2.75) is 38.6 Å². The molecule has 1 aromatic heterocycles. The van der Waals surface area contributed by atoms with E-state index in [0.29, 0.717) is 12.0 Å². The maximum Gasteiger partial charge on any atom is 0.261 e. The quantitative estimate of drug-likeness (QED) is 0.846. The van der Waals surface area contributed by atoms with Crippen molar-refractivity contribution in [2.75, 3.05) is 5.33 Å². The number of carbonyl (C=O) groups is 1. The van der Waals surface area contributed by atoms with Crippen LogP contribution in [0.5, 0.6) is 0 Å². The van der Waals surface area contributed by atoms with Crippen LogP contribution in [0.3, 0.4) is 0 Å². The van der Waals surface area contributed by atoms with Crippen LogP contribution in [0.4, 0.5) is 0 Å². The Hall–Kier alpha value is -0.350. The maximum absolute atomic E-state index is 12.1. The van der Waals surface area contributed by atoms with Gasteiger partial charge in [-0.25, -0.2) is 0 Å².